The molecule has 1 amide bonds. The van der Waals surface area contributed by atoms with E-state index in [4.69, 9.17) is 0 Å². The van der Waals surface area contributed by atoms with Crippen molar-refractivity contribution in [3.05, 3.63) is 28.2 Å². The molecule has 4 heteroatoms. The average Bonchev–Trinajstić information content (AvgIpc) is 2.31. The molecule has 1 N–H and O–H groups in total. The first-order valence-electron chi connectivity index (χ1n) is 7.22. The van der Waals surface area contributed by atoms with Gasteiger partial charge in [-0.25, -0.2) is 0 Å². The second-order valence-electron chi connectivity index (χ2n) is 6.17. The summed E-state index contributed by atoms with van der Waals surface area (Å²) in [7, 11) is 0. The molecule has 0 aromatic heterocycles. The Kier molecular flexibility index (Phi) is 5.22. The van der Waals surface area contributed by atoms with Crippen molar-refractivity contribution in [1.82, 2.24) is 4.90 Å². The van der Waals surface area contributed by atoms with Gasteiger partial charge in [0.05, 0.1) is 12.2 Å². The number of hydrogen-bond donors (Lipinski definition) is 1. The summed E-state index contributed by atoms with van der Waals surface area (Å²) in [5.74, 6) is 1.42. The molecule has 0 aliphatic carbocycles. The van der Waals surface area contributed by atoms with E-state index in [1.165, 1.54) is 12.0 Å². The van der Waals surface area contributed by atoms with Gasteiger partial charge in [-0.1, -0.05) is 19.9 Å². The number of nitrogens with one attached hydrogen (secondary N) is 1. The van der Waals surface area contributed by atoms with Gasteiger partial charge in [-0.3, -0.25) is 9.69 Å². The molecule has 1 heterocycles. The number of nitrogens with zero attached hydrogens (tertiary/aromatic N) is 1. The standard InChI is InChI=1S/C16H23BrN2O/c1-11-4-5-15(14(17)7-11)18-16(20)10-19-8-12(2)6-13(3)9-19/h4-5,7,12-13H,6,8-10H2,1-3H3,(H,18,20)/t12-,13-/m1/s1. The van der Waals surface area contributed by atoms with Crippen molar-refractivity contribution >= 4 is 27.5 Å². The van der Waals surface area contributed by atoms with Crippen molar-refractivity contribution < 1.29 is 4.79 Å². The van der Waals surface area contributed by atoms with Gasteiger partial charge in [-0.05, 0) is 58.8 Å². The highest BCUT2D eigenvalue weighted by molar-refractivity contribution is 9.10. The average molecular weight is 339 g/mol. The zero-order valence-corrected chi connectivity index (χ0v) is 14.0. The van der Waals surface area contributed by atoms with E-state index in [9.17, 15) is 4.79 Å². The van der Waals surface area contributed by atoms with Crippen LogP contribution in [0.3, 0.4) is 0 Å². The molecule has 1 saturated heterocycles. The van der Waals surface area contributed by atoms with Crippen LogP contribution < -0.4 is 5.32 Å². The van der Waals surface area contributed by atoms with Gasteiger partial charge in [0.25, 0.3) is 0 Å². The van der Waals surface area contributed by atoms with Crippen molar-refractivity contribution in [2.24, 2.45) is 11.8 Å². The third-order valence-electron chi connectivity index (χ3n) is 3.71. The number of benzene rings is 1. The highest BCUT2D eigenvalue weighted by Gasteiger charge is 2.23. The Morgan fingerprint density at radius 1 is 1.35 bits per heavy atom. The number of carbonyl (C=O) groups excluding carboxylic acids is 1. The molecule has 1 aromatic carbocycles. The Labute approximate surface area is 129 Å². The first kappa shape index (κ1) is 15.5. The molecule has 0 unspecified atom stereocenters. The number of halogens is 1. The second kappa shape index (κ2) is 6.72. The summed E-state index contributed by atoms with van der Waals surface area (Å²) in [6, 6.07) is 5.96. The molecule has 110 valence electrons. The molecule has 0 radical (unpaired) electrons. The molecule has 3 nitrogen and oxygen atoms in total. The van der Waals surface area contributed by atoms with Crippen molar-refractivity contribution in [3.8, 4) is 0 Å². The maximum Gasteiger partial charge on any atom is 0.238 e. The second-order valence-corrected chi connectivity index (χ2v) is 7.03. The summed E-state index contributed by atoms with van der Waals surface area (Å²) >= 11 is 3.49. The van der Waals surface area contributed by atoms with Crippen LogP contribution in [0, 0.1) is 18.8 Å². The largest absolute Gasteiger partial charge is 0.324 e. The van der Waals surface area contributed by atoms with Gasteiger partial charge < -0.3 is 5.32 Å². The van der Waals surface area contributed by atoms with E-state index in [2.05, 4.69) is 40.0 Å². The van der Waals surface area contributed by atoms with Gasteiger partial charge in [0.1, 0.15) is 0 Å². The summed E-state index contributed by atoms with van der Waals surface area (Å²) in [4.78, 5) is 14.4. The van der Waals surface area contributed by atoms with Crippen LogP contribution in [0.5, 0.6) is 0 Å². The lowest BCUT2D eigenvalue weighted by Crippen LogP contribution is -2.42. The van der Waals surface area contributed by atoms with Crippen LogP contribution >= 0.6 is 15.9 Å². The van der Waals surface area contributed by atoms with Gasteiger partial charge in [0.15, 0.2) is 0 Å². The zero-order chi connectivity index (χ0) is 14.7. The summed E-state index contributed by atoms with van der Waals surface area (Å²) in [5.41, 5.74) is 2.02. The van der Waals surface area contributed by atoms with Gasteiger partial charge >= 0.3 is 0 Å². The fourth-order valence-corrected chi connectivity index (χ4v) is 3.63. The summed E-state index contributed by atoms with van der Waals surface area (Å²) in [6.45, 7) is 9.08. The molecule has 0 spiro atoms. The Hall–Kier alpha value is -0.870. The normalized spacial score (nSPS) is 23.6. The third-order valence-corrected chi connectivity index (χ3v) is 4.37. The molecule has 2 atom stereocenters. The van der Waals surface area contributed by atoms with E-state index >= 15 is 0 Å². The minimum atomic E-state index is 0.0656. The minimum Gasteiger partial charge on any atom is -0.324 e. The molecule has 20 heavy (non-hydrogen) atoms. The highest BCUT2D eigenvalue weighted by Crippen LogP contribution is 2.24. The zero-order valence-electron chi connectivity index (χ0n) is 12.4. The topological polar surface area (TPSA) is 32.3 Å². The first-order valence-corrected chi connectivity index (χ1v) is 8.01. The van der Waals surface area contributed by atoms with Crippen molar-refractivity contribution in [2.45, 2.75) is 27.2 Å². The van der Waals surface area contributed by atoms with Crippen molar-refractivity contribution in [3.63, 3.8) is 0 Å². The quantitative estimate of drug-likeness (QED) is 0.911. The van der Waals surface area contributed by atoms with Gasteiger partial charge in [-0.15, -0.1) is 0 Å². The van der Waals surface area contributed by atoms with E-state index in [0.29, 0.717) is 18.4 Å². The Bertz CT molecular complexity index is 479. The number of aryl methyl sites for hydroxylation is 1. The molecule has 1 aromatic rings. The number of amides is 1. The molecule has 1 aliphatic heterocycles. The lowest BCUT2D eigenvalue weighted by molar-refractivity contribution is -0.117. The number of carbonyl (C=O) groups is 1. The third kappa shape index (κ3) is 4.32. The van der Waals surface area contributed by atoms with Crippen LogP contribution in [-0.4, -0.2) is 30.4 Å². The first-order chi connectivity index (χ1) is 9.44. The molecular weight excluding hydrogens is 316 g/mol. The predicted molar refractivity (Wildman–Crippen MR) is 86.9 cm³/mol. The smallest absolute Gasteiger partial charge is 0.238 e. The van der Waals surface area contributed by atoms with Crippen LogP contribution in [0.1, 0.15) is 25.8 Å². The molecule has 1 fully saturated rings. The van der Waals surface area contributed by atoms with Crippen molar-refractivity contribution in [2.75, 3.05) is 25.0 Å². The fourth-order valence-electron chi connectivity index (χ4n) is 3.04. The SMILES string of the molecule is Cc1ccc(NC(=O)CN2C[C@H](C)C[C@@H](C)C2)c(Br)c1. The molecular formula is C16H23BrN2O. The van der Waals surface area contributed by atoms with Gasteiger partial charge in [0, 0.05) is 17.6 Å². The Morgan fingerprint density at radius 2 is 2.00 bits per heavy atom. The predicted octanol–water partition coefficient (Wildman–Crippen LogP) is 3.67. The van der Waals surface area contributed by atoms with Gasteiger partial charge in [0.2, 0.25) is 5.91 Å². The molecule has 0 saturated carbocycles. The maximum absolute atomic E-state index is 12.2. The number of likely N-dealkylation sites (tertiary alicyclic amines) is 1. The van der Waals surface area contributed by atoms with E-state index in [0.717, 1.165) is 23.2 Å². The lowest BCUT2D eigenvalue weighted by Gasteiger charge is -2.34. The summed E-state index contributed by atoms with van der Waals surface area (Å²) < 4.78 is 0.936. The summed E-state index contributed by atoms with van der Waals surface area (Å²) in [6.07, 6.45) is 1.27. The molecule has 2 rings (SSSR count). The lowest BCUT2D eigenvalue weighted by atomic mass is 9.92. The number of anilines is 1. The van der Waals surface area contributed by atoms with Crippen LogP contribution in [0.15, 0.2) is 22.7 Å². The van der Waals surface area contributed by atoms with Crippen molar-refractivity contribution in [1.29, 1.82) is 0 Å². The van der Waals surface area contributed by atoms with Crippen LogP contribution in [0.2, 0.25) is 0 Å². The van der Waals surface area contributed by atoms with Crippen LogP contribution in [0.4, 0.5) is 5.69 Å². The Balaban J connectivity index is 1.92. The molecule has 0 bridgehead atoms. The summed E-state index contributed by atoms with van der Waals surface area (Å²) in [5, 5.41) is 2.99. The monoisotopic (exact) mass is 338 g/mol. The number of hydrogen-bond acceptors (Lipinski definition) is 2. The van der Waals surface area contributed by atoms with E-state index in [1.54, 1.807) is 0 Å². The van der Waals surface area contributed by atoms with Crippen LogP contribution in [0.25, 0.3) is 0 Å². The van der Waals surface area contributed by atoms with E-state index in [-0.39, 0.29) is 5.91 Å². The molecule has 1 aliphatic rings. The minimum absolute atomic E-state index is 0.0656. The van der Waals surface area contributed by atoms with Crippen LogP contribution in [-0.2, 0) is 4.79 Å². The van der Waals surface area contributed by atoms with E-state index in [1.807, 2.05) is 25.1 Å². The van der Waals surface area contributed by atoms with E-state index < -0.39 is 0 Å². The maximum atomic E-state index is 12.2. The fraction of sp³-hybridized carbons (Fsp3) is 0.562. The highest BCUT2D eigenvalue weighted by atomic mass is 79.9. The number of rotatable bonds is 3. The van der Waals surface area contributed by atoms with Gasteiger partial charge in [-0.2, -0.15) is 0 Å². The Morgan fingerprint density at radius 3 is 2.60 bits per heavy atom. The number of piperidine rings is 1.